The lowest BCUT2D eigenvalue weighted by Gasteiger charge is -2.19. The number of thiophene rings is 1. The van der Waals surface area contributed by atoms with E-state index >= 15 is 0 Å². The molecule has 128 valence electrons. The molecule has 0 spiro atoms. The Hall–Kier alpha value is -1.96. The van der Waals surface area contributed by atoms with Gasteiger partial charge in [0, 0.05) is 29.9 Å². The van der Waals surface area contributed by atoms with Gasteiger partial charge in [-0.15, -0.1) is 17.9 Å². The van der Waals surface area contributed by atoms with E-state index in [9.17, 15) is 13.2 Å². The molecule has 0 atom stereocenters. The van der Waals surface area contributed by atoms with Crippen molar-refractivity contribution in [2.45, 2.75) is 11.4 Å². The van der Waals surface area contributed by atoms with Crippen LogP contribution < -0.4 is 5.32 Å². The van der Waals surface area contributed by atoms with E-state index in [1.165, 1.54) is 17.0 Å². The molecule has 5 nitrogen and oxygen atoms in total. The molecule has 0 aliphatic carbocycles. The van der Waals surface area contributed by atoms with Crippen LogP contribution in [0.15, 0.2) is 59.3 Å². The monoisotopic (exact) mass is 364 g/mol. The number of carbonyl (C=O) groups is 1. The molecule has 7 heteroatoms. The van der Waals surface area contributed by atoms with Crippen LogP contribution in [0.25, 0.3) is 0 Å². The van der Waals surface area contributed by atoms with Crippen LogP contribution in [0.1, 0.15) is 4.88 Å². The predicted octanol–water partition coefficient (Wildman–Crippen LogP) is 2.78. The van der Waals surface area contributed by atoms with Gasteiger partial charge in [0.05, 0.1) is 11.4 Å². The van der Waals surface area contributed by atoms with E-state index in [2.05, 4.69) is 11.9 Å². The molecule has 0 radical (unpaired) electrons. The third kappa shape index (κ3) is 5.59. The molecule has 0 bridgehead atoms. The molecule has 0 saturated carbocycles. The van der Waals surface area contributed by atoms with Crippen molar-refractivity contribution < 1.29 is 13.2 Å². The Morgan fingerprint density at radius 3 is 2.75 bits per heavy atom. The van der Waals surface area contributed by atoms with Gasteiger partial charge in [0.1, 0.15) is 0 Å². The minimum absolute atomic E-state index is 0.182. The summed E-state index contributed by atoms with van der Waals surface area (Å²) in [4.78, 5) is 15.6. The minimum Gasteiger partial charge on any atom is -0.325 e. The first-order valence-electron chi connectivity index (χ1n) is 7.34. The lowest BCUT2D eigenvalue weighted by atomic mass is 10.3. The average Bonchev–Trinajstić information content (AvgIpc) is 2.99. The third-order valence-corrected chi connectivity index (χ3v) is 5.23. The van der Waals surface area contributed by atoms with Crippen LogP contribution in [0, 0.1) is 0 Å². The Morgan fingerprint density at radius 2 is 2.12 bits per heavy atom. The maximum atomic E-state index is 12.3. The number of sulfone groups is 1. The van der Waals surface area contributed by atoms with Gasteiger partial charge in [0.25, 0.3) is 0 Å². The minimum atomic E-state index is -3.30. The van der Waals surface area contributed by atoms with Gasteiger partial charge in [-0.1, -0.05) is 18.2 Å². The van der Waals surface area contributed by atoms with Gasteiger partial charge in [-0.05, 0) is 29.6 Å². The molecule has 2 aromatic rings. The summed E-state index contributed by atoms with van der Waals surface area (Å²) in [6.45, 7) is 5.18. The second-order valence-electron chi connectivity index (χ2n) is 5.39. The zero-order chi connectivity index (χ0) is 17.6. The van der Waals surface area contributed by atoms with Crippen molar-refractivity contribution >= 4 is 32.8 Å². The molecule has 1 aromatic heterocycles. The van der Waals surface area contributed by atoms with E-state index in [1.54, 1.807) is 29.5 Å². The standard InChI is InChI=1S/C17H20N2O3S2/c1-3-9-19(12-15-7-5-10-23-15)13-17(20)18-14-6-4-8-16(11-14)24(2,21)22/h3-8,10-11H,1,9,12-13H2,2H3,(H,18,20). The smallest absolute Gasteiger partial charge is 0.238 e. The molecule has 24 heavy (non-hydrogen) atoms. The summed E-state index contributed by atoms with van der Waals surface area (Å²) in [5.74, 6) is -0.195. The highest BCUT2D eigenvalue weighted by Gasteiger charge is 2.12. The maximum Gasteiger partial charge on any atom is 0.238 e. The van der Waals surface area contributed by atoms with Gasteiger partial charge >= 0.3 is 0 Å². The summed E-state index contributed by atoms with van der Waals surface area (Å²) < 4.78 is 23.2. The van der Waals surface area contributed by atoms with Gasteiger partial charge in [-0.2, -0.15) is 0 Å². The van der Waals surface area contributed by atoms with Crippen molar-refractivity contribution in [3.63, 3.8) is 0 Å². The van der Waals surface area contributed by atoms with Crippen molar-refractivity contribution in [2.24, 2.45) is 0 Å². The molecular weight excluding hydrogens is 344 g/mol. The Labute approximate surface area is 146 Å². The highest BCUT2D eigenvalue weighted by Crippen LogP contribution is 2.16. The van der Waals surface area contributed by atoms with Crippen LogP contribution in [0.5, 0.6) is 0 Å². The predicted molar refractivity (Wildman–Crippen MR) is 98.0 cm³/mol. The fourth-order valence-electron chi connectivity index (χ4n) is 2.20. The molecule has 2 rings (SSSR count). The summed E-state index contributed by atoms with van der Waals surface area (Å²) in [6.07, 6.45) is 2.89. The summed E-state index contributed by atoms with van der Waals surface area (Å²) in [5, 5.41) is 4.75. The number of carbonyl (C=O) groups excluding carboxylic acids is 1. The molecule has 0 aliphatic heterocycles. The maximum absolute atomic E-state index is 12.3. The van der Waals surface area contributed by atoms with E-state index in [4.69, 9.17) is 0 Å². The summed E-state index contributed by atoms with van der Waals surface area (Å²) in [7, 11) is -3.30. The average molecular weight is 364 g/mol. The lowest BCUT2D eigenvalue weighted by Crippen LogP contribution is -2.32. The van der Waals surface area contributed by atoms with Crippen molar-refractivity contribution in [1.82, 2.24) is 4.90 Å². The van der Waals surface area contributed by atoms with Gasteiger partial charge in [-0.25, -0.2) is 8.42 Å². The Kier molecular flexibility index (Phi) is 6.30. The van der Waals surface area contributed by atoms with E-state index in [-0.39, 0.29) is 17.3 Å². The number of anilines is 1. The van der Waals surface area contributed by atoms with Crippen molar-refractivity contribution in [1.29, 1.82) is 0 Å². The Bertz CT molecular complexity index is 799. The lowest BCUT2D eigenvalue weighted by molar-refractivity contribution is -0.117. The number of hydrogen-bond donors (Lipinski definition) is 1. The summed E-state index contributed by atoms with van der Waals surface area (Å²) in [5.41, 5.74) is 0.470. The first kappa shape index (κ1) is 18.4. The van der Waals surface area contributed by atoms with Crippen LogP contribution in [0.3, 0.4) is 0 Å². The number of nitrogens with zero attached hydrogens (tertiary/aromatic N) is 1. The first-order chi connectivity index (χ1) is 11.4. The molecular formula is C17H20N2O3S2. The first-order valence-corrected chi connectivity index (χ1v) is 10.1. The van der Waals surface area contributed by atoms with E-state index in [1.807, 2.05) is 22.4 Å². The number of amides is 1. The van der Waals surface area contributed by atoms with Crippen LogP contribution in [-0.2, 0) is 21.2 Å². The highest BCUT2D eigenvalue weighted by atomic mass is 32.2. The van der Waals surface area contributed by atoms with Crippen LogP contribution >= 0.6 is 11.3 Å². The Morgan fingerprint density at radius 1 is 1.33 bits per heavy atom. The summed E-state index contributed by atoms with van der Waals surface area (Å²) in [6, 6.07) is 10.2. The zero-order valence-electron chi connectivity index (χ0n) is 13.4. The van der Waals surface area contributed by atoms with Crippen molar-refractivity contribution in [3.8, 4) is 0 Å². The van der Waals surface area contributed by atoms with Crippen molar-refractivity contribution in [2.75, 3.05) is 24.7 Å². The quantitative estimate of drug-likeness (QED) is 0.732. The van der Waals surface area contributed by atoms with E-state index in [0.717, 1.165) is 6.26 Å². The normalized spacial score (nSPS) is 11.4. The molecule has 1 N–H and O–H groups in total. The van der Waals surface area contributed by atoms with Gasteiger partial charge in [0.15, 0.2) is 9.84 Å². The van der Waals surface area contributed by atoms with Crippen LogP contribution in [-0.4, -0.2) is 38.6 Å². The highest BCUT2D eigenvalue weighted by molar-refractivity contribution is 7.90. The number of hydrogen-bond acceptors (Lipinski definition) is 5. The van der Waals surface area contributed by atoms with Gasteiger partial charge < -0.3 is 5.32 Å². The fourth-order valence-corrected chi connectivity index (χ4v) is 3.61. The second-order valence-corrected chi connectivity index (χ2v) is 8.43. The molecule has 0 unspecified atom stereocenters. The Balaban J connectivity index is 2.01. The topological polar surface area (TPSA) is 66.5 Å². The van der Waals surface area contributed by atoms with E-state index < -0.39 is 9.84 Å². The molecule has 1 amide bonds. The zero-order valence-corrected chi connectivity index (χ0v) is 15.1. The molecule has 0 saturated heterocycles. The van der Waals surface area contributed by atoms with Crippen LogP contribution in [0.2, 0.25) is 0 Å². The third-order valence-electron chi connectivity index (χ3n) is 3.26. The largest absolute Gasteiger partial charge is 0.325 e. The van der Waals surface area contributed by atoms with Crippen molar-refractivity contribution in [3.05, 3.63) is 59.3 Å². The molecule has 1 heterocycles. The number of rotatable bonds is 8. The number of nitrogens with one attached hydrogen (secondary N) is 1. The van der Waals surface area contributed by atoms with Crippen LogP contribution in [0.4, 0.5) is 5.69 Å². The molecule has 0 aliphatic rings. The SMILES string of the molecule is C=CCN(CC(=O)Nc1cccc(S(C)(=O)=O)c1)Cc1cccs1. The second kappa shape index (κ2) is 8.23. The van der Waals surface area contributed by atoms with E-state index in [0.29, 0.717) is 18.8 Å². The number of benzene rings is 1. The molecule has 0 fully saturated rings. The summed E-state index contributed by atoms with van der Waals surface area (Å²) >= 11 is 1.64. The van der Waals surface area contributed by atoms with Gasteiger partial charge in [-0.3, -0.25) is 9.69 Å². The van der Waals surface area contributed by atoms with Gasteiger partial charge in [0.2, 0.25) is 5.91 Å². The fraction of sp³-hybridized carbons (Fsp3) is 0.235. The molecule has 1 aromatic carbocycles.